The predicted octanol–water partition coefficient (Wildman–Crippen LogP) is 2.53. The molecule has 38 heavy (non-hydrogen) atoms. The minimum Gasteiger partial charge on any atom is -0.497 e. The van der Waals surface area contributed by atoms with Gasteiger partial charge in [-0.2, -0.15) is 4.31 Å². The maximum atomic E-state index is 13.3. The van der Waals surface area contributed by atoms with E-state index < -0.39 is 19.9 Å². The van der Waals surface area contributed by atoms with Gasteiger partial charge in [0, 0.05) is 32.0 Å². The summed E-state index contributed by atoms with van der Waals surface area (Å²) in [7, 11) is -6.16. The molecule has 2 heterocycles. The second kappa shape index (κ2) is 11.7. The van der Waals surface area contributed by atoms with E-state index in [1.807, 2.05) is 29.2 Å². The Bertz CT molecular complexity index is 1550. The molecule has 1 fully saturated rings. The number of sulfone groups is 1. The van der Waals surface area contributed by atoms with Gasteiger partial charge in [-0.3, -0.25) is 9.69 Å². The van der Waals surface area contributed by atoms with Gasteiger partial charge >= 0.3 is 0 Å². The normalized spacial score (nSPS) is 15.6. The highest BCUT2D eigenvalue weighted by atomic mass is 32.2. The van der Waals surface area contributed by atoms with Crippen LogP contribution in [0.5, 0.6) is 11.5 Å². The topological polar surface area (TPSA) is 123 Å². The maximum absolute atomic E-state index is 13.3. The zero-order valence-corrected chi connectivity index (χ0v) is 22.8. The molecule has 0 N–H and O–H groups in total. The van der Waals surface area contributed by atoms with E-state index in [-0.39, 0.29) is 40.7 Å². The highest BCUT2D eigenvalue weighted by molar-refractivity contribution is 7.93. The Morgan fingerprint density at radius 1 is 0.921 bits per heavy atom. The summed E-state index contributed by atoms with van der Waals surface area (Å²) in [6.07, 6.45) is 2.81. The summed E-state index contributed by atoms with van der Waals surface area (Å²) in [6.45, 7) is 1.89. The standard InChI is InChI=1S/C26H30N2O8S2/c1-34-21-8-5-7-20(15-21)18-36-24-19-35-22(16-23(24)29)17-27-11-6-12-28(14-13-27)38(32,33)26-10-4-3-9-25(26)37(2,30)31/h3-5,7-10,15-16,19H,6,11-14,17-18H2,1-2H3. The average molecular weight is 563 g/mol. The first kappa shape index (κ1) is 27.8. The number of hydrogen-bond donors (Lipinski definition) is 0. The van der Waals surface area contributed by atoms with Crippen molar-refractivity contribution in [1.82, 2.24) is 9.21 Å². The maximum Gasteiger partial charge on any atom is 0.244 e. The first-order chi connectivity index (χ1) is 18.1. The SMILES string of the molecule is COc1cccc(COc2coc(CN3CCCN(S(=O)(=O)c4ccccc4S(C)(=O)=O)CC3)cc2=O)c1. The van der Waals surface area contributed by atoms with Crippen molar-refractivity contribution in [1.29, 1.82) is 0 Å². The summed E-state index contributed by atoms with van der Waals surface area (Å²) >= 11 is 0. The van der Waals surface area contributed by atoms with Crippen molar-refractivity contribution >= 4 is 19.9 Å². The van der Waals surface area contributed by atoms with Crippen molar-refractivity contribution in [2.45, 2.75) is 29.4 Å². The molecule has 2 aromatic carbocycles. The first-order valence-electron chi connectivity index (χ1n) is 12.0. The molecule has 0 amide bonds. The fraction of sp³-hybridized carbons (Fsp3) is 0.346. The summed E-state index contributed by atoms with van der Waals surface area (Å²) < 4.78 is 68.7. The van der Waals surface area contributed by atoms with E-state index in [4.69, 9.17) is 13.9 Å². The molecule has 0 atom stereocenters. The predicted molar refractivity (Wildman–Crippen MR) is 141 cm³/mol. The lowest BCUT2D eigenvalue weighted by molar-refractivity contribution is 0.245. The minimum absolute atomic E-state index is 0.0919. The number of nitrogens with zero attached hydrogens (tertiary/aromatic N) is 2. The van der Waals surface area contributed by atoms with E-state index in [0.717, 1.165) is 11.8 Å². The summed E-state index contributed by atoms with van der Waals surface area (Å²) in [5.74, 6) is 1.22. The van der Waals surface area contributed by atoms with Gasteiger partial charge in [0.05, 0.1) is 18.6 Å². The molecule has 0 spiro atoms. The minimum atomic E-state index is -4.01. The van der Waals surface area contributed by atoms with Gasteiger partial charge in [0.25, 0.3) is 0 Å². The van der Waals surface area contributed by atoms with E-state index >= 15 is 0 Å². The van der Waals surface area contributed by atoms with Crippen LogP contribution in [-0.4, -0.2) is 65.6 Å². The second-order valence-corrected chi connectivity index (χ2v) is 12.9. The van der Waals surface area contributed by atoms with Crippen molar-refractivity contribution in [3.63, 3.8) is 0 Å². The third-order valence-corrected chi connectivity index (χ3v) is 9.42. The van der Waals surface area contributed by atoms with Crippen molar-refractivity contribution in [2.75, 3.05) is 39.5 Å². The largest absolute Gasteiger partial charge is 0.497 e. The Labute approximate surface area is 222 Å². The summed E-state index contributed by atoms with van der Waals surface area (Å²) in [5.41, 5.74) is 0.529. The molecule has 0 saturated carbocycles. The van der Waals surface area contributed by atoms with Gasteiger partial charge in [0.2, 0.25) is 21.2 Å². The van der Waals surface area contributed by atoms with Gasteiger partial charge in [-0.1, -0.05) is 24.3 Å². The number of hydrogen-bond acceptors (Lipinski definition) is 9. The molecule has 0 aliphatic carbocycles. The van der Waals surface area contributed by atoms with Crippen LogP contribution in [-0.2, 0) is 33.0 Å². The zero-order chi connectivity index (χ0) is 27.3. The fourth-order valence-electron chi connectivity index (χ4n) is 4.22. The monoisotopic (exact) mass is 562 g/mol. The Balaban J connectivity index is 1.39. The number of rotatable bonds is 9. The van der Waals surface area contributed by atoms with Crippen molar-refractivity contribution in [3.05, 3.63) is 82.4 Å². The van der Waals surface area contributed by atoms with Crippen LogP contribution in [0.3, 0.4) is 0 Å². The van der Waals surface area contributed by atoms with Crippen molar-refractivity contribution in [2.24, 2.45) is 0 Å². The van der Waals surface area contributed by atoms with E-state index in [1.54, 1.807) is 7.11 Å². The lowest BCUT2D eigenvalue weighted by Gasteiger charge is -2.22. The Kier molecular flexibility index (Phi) is 8.56. The van der Waals surface area contributed by atoms with E-state index in [9.17, 15) is 21.6 Å². The van der Waals surface area contributed by atoms with Crippen LogP contribution in [0.25, 0.3) is 0 Å². The molecule has 0 unspecified atom stereocenters. The van der Waals surface area contributed by atoms with Gasteiger partial charge in [0.1, 0.15) is 29.3 Å². The molecule has 0 bridgehead atoms. The number of ether oxygens (including phenoxy) is 2. The van der Waals surface area contributed by atoms with Crippen LogP contribution in [0.15, 0.2) is 79.9 Å². The number of methoxy groups -OCH3 is 1. The molecule has 12 heteroatoms. The summed E-state index contributed by atoms with van der Waals surface area (Å²) in [5, 5.41) is 0. The van der Waals surface area contributed by atoms with Crippen molar-refractivity contribution < 1.29 is 30.7 Å². The van der Waals surface area contributed by atoms with Crippen LogP contribution < -0.4 is 14.9 Å². The molecule has 0 radical (unpaired) electrons. The highest BCUT2D eigenvalue weighted by Crippen LogP contribution is 2.25. The van der Waals surface area contributed by atoms with Gasteiger partial charge < -0.3 is 13.9 Å². The van der Waals surface area contributed by atoms with Crippen LogP contribution >= 0.6 is 0 Å². The lowest BCUT2D eigenvalue weighted by atomic mass is 10.2. The molecule has 1 saturated heterocycles. The van der Waals surface area contributed by atoms with Crippen LogP contribution in [0.2, 0.25) is 0 Å². The molecule has 1 aliphatic rings. The van der Waals surface area contributed by atoms with Gasteiger partial charge in [-0.15, -0.1) is 0 Å². The number of benzene rings is 2. The molecule has 4 rings (SSSR count). The van der Waals surface area contributed by atoms with E-state index in [2.05, 4.69) is 0 Å². The molecule has 3 aromatic rings. The fourth-order valence-corrected chi connectivity index (χ4v) is 7.30. The Hall–Kier alpha value is -3.19. The van der Waals surface area contributed by atoms with Gasteiger partial charge in [-0.25, -0.2) is 16.8 Å². The molecular weight excluding hydrogens is 532 g/mol. The number of sulfonamides is 1. The molecule has 204 valence electrons. The van der Waals surface area contributed by atoms with Crippen LogP contribution in [0.1, 0.15) is 17.7 Å². The van der Waals surface area contributed by atoms with Crippen LogP contribution in [0.4, 0.5) is 0 Å². The molecule has 1 aliphatic heterocycles. The molecular formula is C26H30N2O8S2. The lowest BCUT2D eigenvalue weighted by Crippen LogP contribution is -2.35. The van der Waals surface area contributed by atoms with Crippen LogP contribution in [0, 0.1) is 0 Å². The van der Waals surface area contributed by atoms with Crippen molar-refractivity contribution in [3.8, 4) is 11.5 Å². The third kappa shape index (κ3) is 6.62. The Morgan fingerprint density at radius 3 is 2.39 bits per heavy atom. The summed E-state index contributed by atoms with van der Waals surface area (Å²) in [4.78, 5) is 14.1. The highest BCUT2D eigenvalue weighted by Gasteiger charge is 2.31. The second-order valence-electron chi connectivity index (χ2n) is 8.97. The Morgan fingerprint density at radius 2 is 1.68 bits per heavy atom. The van der Waals surface area contributed by atoms with E-state index in [1.165, 1.54) is 40.9 Å². The average Bonchev–Trinajstić information content (AvgIpc) is 3.14. The van der Waals surface area contributed by atoms with Gasteiger partial charge in [0.15, 0.2) is 9.84 Å². The zero-order valence-electron chi connectivity index (χ0n) is 21.2. The van der Waals surface area contributed by atoms with Gasteiger partial charge in [-0.05, 0) is 42.8 Å². The first-order valence-corrected chi connectivity index (χ1v) is 15.3. The smallest absolute Gasteiger partial charge is 0.244 e. The third-order valence-electron chi connectivity index (χ3n) is 6.17. The molecule has 1 aromatic heterocycles. The quantitative estimate of drug-likeness (QED) is 0.387. The summed E-state index contributed by atoms with van der Waals surface area (Å²) in [6, 6.07) is 14.3. The van der Waals surface area contributed by atoms with E-state index in [0.29, 0.717) is 37.6 Å². The molecule has 10 nitrogen and oxygen atoms in total.